The number of nitrogens with zero attached hydrogens (tertiary/aromatic N) is 1. The fourth-order valence-electron chi connectivity index (χ4n) is 0.943. The molecule has 0 unspecified atom stereocenters. The molecule has 0 bridgehead atoms. The fraction of sp³-hybridized carbons (Fsp3) is 0.444. The second kappa shape index (κ2) is 3.37. The van der Waals surface area contributed by atoms with Crippen LogP contribution in [0.25, 0.3) is 0 Å². The van der Waals surface area contributed by atoms with Gasteiger partial charge in [-0.25, -0.2) is 4.98 Å². The van der Waals surface area contributed by atoms with Crippen molar-refractivity contribution in [3.63, 3.8) is 0 Å². The number of hydrogen-bond donors (Lipinski definition) is 1. The highest BCUT2D eigenvalue weighted by molar-refractivity contribution is 5.37. The van der Waals surface area contributed by atoms with Crippen molar-refractivity contribution in [3.05, 3.63) is 23.9 Å². The van der Waals surface area contributed by atoms with E-state index in [1.54, 1.807) is 0 Å². The summed E-state index contributed by atoms with van der Waals surface area (Å²) in [6.07, 6.45) is 1.83. The molecule has 0 aliphatic rings. The van der Waals surface area contributed by atoms with Crippen LogP contribution in [-0.2, 0) is 0 Å². The van der Waals surface area contributed by atoms with Crippen molar-refractivity contribution in [3.8, 4) is 0 Å². The lowest BCUT2D eigenvalue weighted by atomic mass is 10.1. The summed E-state index contributed by atoms with van der Waals surface area (Å²) in [6, 6.07) is 4.12. The Morgan fingerprint density at radius 2 is 2.18 bits per heavy atom. The maximum absolute atomic E-state index is 4.13. The Labute approximate surface area is 67.7 Å². The van der Waals surface area contributed by atoms with Crippen LogP contribution in [0.2, 0.25) is 0 Å². The summed E-state index contributed by atoms with van der Waals surface area (Å²) < 4.78 is 0. The number of nitrogens with one attached hydrogen (secondary N) is 1. The smallest absolute Gasteiger partial charge is 0.125 e. The van der Waals surface area contributed by atoms with E-state index in [0.29, 0.717) is 5.92 Å². The van der Waals surface area contributed by atoms with Crippen LogP contribution >= 0.6 is 0 Å². The second-order valence-electron chi connectivity index (χ2n) is 2.88. The molecule has 1 rings (SSSR count). The van der Waals surface area contributed by atoms with Crippen LogP contribution in [0.4, 0.5) is 5.82 Å². The van der Waals surface area contributed by atoms with Gasteiger partial charge in [-0.1, -0.05) is 13.8 Å². The Hall–Kier alpha value is -1.05. The van der Waals surface area contributed by atoms with Crippen molar-refractivity contribution in [1.29, 1.82) is 0 Å². The molecule has 1 heterocycles. The Morgan fingerprint density at radius 1 is 1.45 bits per heavy atom. The molecule has 0 saturated carbocycles. The number of hydrogen-bond acceptors (Lipinski definition) is 2. The fourth-order valence-corrected chi connectivity index (χ4v) is 0.943. The van der Waals surface area contributed by atoms with Gasteiger partial charge in [0, 0.05) is 13.2 Å². The van der Waals surface area contributed by atoms with Crippen LogP contribution in [0.5, 0.6) is 0 Å². The van der Waals surface area contributed by atoms with Crippen LogP contribution in [-0.4, -0.2) is 12.0 Å². The average molecular weight is 150 g/mol. The lowest BCUT2D eigenvalue weighted by Crippen LogP contribution is -1.94. The number of aromatic nitrogens is 1. The Balaban J connectivity index is 2.91. The van der Waals surface area contributed by atoms with E-state index in [9.17, 15) is 0 Å². The molecular formula is C9H14N2. The molecule has 60 valence electrons. The van der Waals surface area contributed by atoms with Crippen molar-refractivity contribution in [2.24, 2.45) is 0 Å². The first-order valence-electron chi connectivity index (χ1n) is 3.87. The van der Waals surface area contributed by atoms with Crippen LogP contribution in [0.1, 0.15) is 25.3 Å². The van der Waals surface area contributed by atoms with Crippen molar-refractivity contribution >= 4 is 5.82 Å². The van der Waals surface area contributed by atoms with E-state index in [0.717, 1.165) is 5.82 Å². The Kier molecular flexibility index (Phi) is 2.47. The van der Waals surface area contributed by atoms with Crippen LogP contribution in [0, 0.1) is 0 Å². The van der Waals surface area contributed by atoms with Gasteiger partial charge >= 0.3 is 0 Å². The van der Waals surface area contributed by atoms with E-state index in [-0.39, 0.29) is 0 Å². The standard InChI is InChI=1S/C9H14N2/c1-7(2)8-4-5-11-9(6-8)10-3/h4-7H,1-3H3,(H,10,11). The molecule has 0 saturated heterocycles. The van der Waals surface area contributed by atoms with Gasteiger partial charge in [0.2, 0.25) is 0 Å². The lowest BCUT2D eigenvalue weighted by Gasteiger charge is -2.05. The first-order valence-corrected chi connectivity index (χ1v) is 3.87. The van der Waals surface area contributed by atoms with Crippen LogP contribution in [0.3, 0.4) is 0 Å². The molecule has 0 spiro atoms. The van der Waals surface area contributed by atoms with Crippen molar-refractivity contribution < 1.29 is 0 Å². The molecule has 11 heavy (non-hydrogen) atoms. The molecule has 1 N–H and O–H groups in total. The normalized spacial score (nSPS) is 10.2. The molecule has 2 heteroatoms. The lowest BCUT2D eigenvalue weighted by molar-refractivity contribution is 0.863. The zero-order chi connectivity index (χ0) is 8.27. The minimum absolute atomic E-state index is 0.574. The molecule has 0 amide bonds. The number of rotatable bonds is 2. The average Bonchev–Trinajstić information content (AvgIpc) is 2.05. The highest BCUT2D eigenvalue weighted by Crippen LogP contribution is 2.15. The van der Waals surface area contributed by atoms with Gasteiger partial charge in [0.1, 0.15) is 5.82 Å². The van der Waals surface area contributed by atoms with Crippen LogP contribution < -0.4 is 5.32 Å². The van der Waals surface area contributed by atoms with E-state index < -0.39 is 0 Å². The van der Waals surface area contributed by atoms with E-state index in [1.165, 1.54) is 5.56 Å². The Morgan fingerprint density at radius 3 is 2.73 bits per heavy atom. The quantitative estimate of drug-likeness (QED) is 0.699. The van der Waals surface area contributed by atoms with Gasteiger partial charge in [-0.2, -0.15) is 0 Å². The van der Waals surface area contributed by atoms with Gasteiger partial charge in [0.25, 0.3) is 0 Å². The van der Waals surface area contributed by atoms with Crippen molar-refractivity contribution in [2.75, 3.05) is 12.4 Å². The molecule has 0 atom stereocenters. The molecule has 0 radical (unpaired) electrons. The third kappa shape index (κ3) is 1.93. The van der Waals surface area contributed by atoms with Gasteiger partial charge in [0.05, 0.1) is 0 Å². The van der Waals surface area contributed by atoms with E-state index >= 15 is 0 Å². The summed E-state index contributed by atoms with van der Waals surface area (Å²) >= 11 is 0. The molecule has 2 nitrogen and oxygen atoms in total. The zero-order valence-electron chi connectivity index (χ0n) is 7.26. The summed E-state index contributed by atoms with van der Waals surface area (Å²) in [5, 5.41) is 3.01. The van der Waals surface area contributed by atoms with E-state index in [4.69, 9.17) is 0 Å². The molecule has 0 aromatic carbocycles. The minimum atomic E-state index is 0.574. The first kappa shape index (κ1) is 8.05. The molecule has 0 aliphatic carbocycles. The van der Waals surface area contributed by atoms with Gasteiger partial charge in [0.15, 0.2) is 0 Å². The van der Waals surface area contributed by atoms with Crippen LogP contribution in [0.15, 0.2) is 18.3 Å². The zero-order valence-corrected chi connectivity index (χ0v) is 7.26. The first-order chi connectivity index (χ1) is 5.24. The van der Waals surface area contributed by atoms with Gasteiger partial charge in [-0.15, -0.1) is 0 Å². The summed E-state index contributed by atoms with van der Waals surface area (Å²) in [4.78, 5) is 4.13. The topological polar surface area (TPSA) is 24.9 Å². The largest absolute Gasteiger partial charge is 0.373 e. The number of pyridine rings is 1. The Bertz CT molecular complexity index is 231. The predicted octanol–water partition coefficient (Wildman–Crippen LogP) is 2.25. The highest BCUT2D eigenvalue weighted by atomic mass is 14.9. The molecule has 0 fully saturated rings. The van der Waals surface area contributed by atoms with Gasteiger partial charge < -0.3 is 5.32 Å². The molecule has 1 aromatic heterocycles. The van der Waals surface area contributed by atoms with Crippen molar-refractivity contribution in [1.82, 2.24) is 4.98 Å². The number of anilines is 1. The molecular weight excluding hydrogens is 136 g/mol. The van der Waals surface area contributed by atoms with Crippen molar-refractivity contribution in [2.45, 2.75) is 19.8 Å². The van der Waals surface area contributed by atoms with Gasteiger partial charge in [-0.3, -0.25) is 0 Å². The highest BCUT2D eigenvalue weighted by Gasteiger charge is 1.98. The minimum Gasteiger partial charge on any atom is -0.373 e. The summed E-state index contributed by atoms with van der Waals surface area (Å²) in [5.74, 6) is 1.52. The monoisotopic (exact) mass is 150 g/mol. The summed E-state index contributed by atoms with van der Waals surface area (Å²) in [5.41, 5.74) is 1.32. The maximum Gasteiger partial charge on any atom is 0.125 e. The molecule has 1 aromatic rings. The second-order valence-corrected chi connectivity index (χ2v) is 2.88. The predicted molar refractivity (Wildman–Crippen MR) is 47.9 cm³/mol. The SMILES string of the molecule is CNc1cc(C(C)C)ccn1. The summed E-state index contributed by atoms with van der Waals surface area (Å²) in [7, 11) is 1.88. The third-order valence-electron chi connectivity index (χ3n) is 1.71. The third-order valence-corrected chi connectivity index (χ3v) is 1.71. The molecule has 0 aliphatic heterocycles. The van der Waals surface area contributed by atoms with Gasteiger partial charge in [-0.05, 0) is 23.6 Å². The van der Waals surface area contributed by atoms with E-state index in [1.807, 2.05) is 19.3 Å². The summed E-state index contributed by atoms with van der Waals surface area (Å²) in [6.45, 7) is 4.35. The van der Waals surface area contributed by atoms with E-state index in [2.05, 4.69) is 30.2 Å². The maximum atomic E-state index is 4.13.